The first kappa shape index (κ1) is 38.6. The van der Waals surface area contributed by atoms with Crippen molar-refractivity contribution in [2.24, 2.45) is 0 Å². The first-order valence-corrected chi connectivity index (χ1v) is 14.0. The highest BCUT2D eigenvalue weighted by molar-refractivity contribution is 6.15. The minimum atomic E-state index is -1.93. The van der Waals surface area contributed by atoms with Gasteiger partial charge in [-0.25, -0.2) is 0 Å². The number of carboxylic acids is 6. The summed E-state index contributed by atoms with van der Waals surface area (Å²) in [5.41, 5.74) is -1.54. The van der Waals surface area contributed by atoms with Crippen molar-refractivity contribution in [3.05, 3.63) is 106 Å². The fourth-order valence-electron chi connectivity index (χ4n) is 4.02. The van der Waals surface area contributed by atoms with Crippen LogP contribution in [-0.4, -0.2) is 50.8 Å². The number of aliphatic carboxylic acids is 6. The number of nitrogens with zero attached hydrogens (tertiary/aromatic N) is 3. The quantitative estimate of drug-likeness (QED) is 0.0610. The van der Waals surface area contributed by atoms with Crippen molar-refractivity contribution in [3.63, 3.8) is 0 Å². The van der Waals surface area contributed by atoms with Crippen LogP contribution in [0.4, 0.5) is 34.9 Å². The highest BCUT2D eigenvalue weighted by atomic mass is 16.4. The summed E-state index contributed by atoms with van der Waals surface area (Å²) in [5, 5.41) is 75.0. The zero-order valence-corrected chi connectivity index (χ0v) is 25.4. The van der Waals surface area contributed by atoms with Crippen LogP contribution in [0.3, 0.4) is 0 Å². The Morgan fingerprint density at radius 1 is 0.385 bits per heavy atom. The predicted molar refractivity (Wildman–Crippen MR) is 170 cm³/mol. The average molecular weight is 707 g/mol. The van der Waals surface area contributed by atoms with Gasteiger partial charge in [-0.3, -0.25) is 0 Å². The van der Waals surface area contributed by atoms with Crippen LogP contribution >= 0.6 is 0 Å². The fourth-order valence-corrected chi connectivity index (χ4v) is 4.02. The number of carboxylic acid groups (broad SMARTS) is 6. The predicted octanol–water partition coefficient (Wildman–Crippen LogP) is -3.61. The monoisotopic (exact) mass is 706 g/mol. The highest BCUT2D eigenvalue weighted by Crippen LogP contribution is 2.23. The SMILES string of the molecule is C.O=C([O-])C(=Cc1ccc(Nc2nc(Nc3ccc(C=C(C(=O)[O-])C(=O)[O-])cc3)nc(Nc3ccc(C=C(C(=O)[O-])C(=O)[O-])cc3)n2)cc1)C(=O)[O-]. The molecule has 0 aliphatic rings. The summed E-state index contributed by atoms with van der Waals surface area (Å²) >= 11 is 0. The molecule has 18 heteroatoms. The molecule has 0 fully saturated rings. The number of hydrogen-bond donors (Lipinski definition) is 3. The summed E-state index contributed by atoms with van der Waals surface area (Å²) < 4.78 is 0. The Bertz CT molecular complexity index is 1820. The molecule has 4 rings (SSSR count). The smallest absolute Gasteiger partial charge is 0.233 e. The largest absolute Gasteiger partial charge is 0.545 e. The van der Waals surface area contributed by atoms with Crippen molar-refractivity contribution in [1.29, 1.82) is 0 Å². The molecule has 0 bridgehead atoms. The number of nitrogens with one attached hydrogen (secondary N) is 3. The van der Waals surface area contributed by atoms with Crippen molar-refractivity contribution in [1.82, 2.24) is 15.0 Å². The highest BCUT2D eigenvalue weighted by Gasteiger charge is 2.10. The first-order valence-electron chi connectivity index (χ1n) is 14.0. The molecule has 3 N–H and O–H groups in total. The number of rotatable bonds is 15. The maximum Gasteiger partial charge on any atom is 0.233 e. The Kier molecular flexibility index (Phi) is 12.6. The average Bonchev–Trinajstić information content (AvgIpc) is 3.06. The zero-order valence-electron chi connectivity index (χ0n) is 25.4. The van der Waals surface area contributed by atoms with Crippen LogP contribution in [0, 0.1) is 0 Å². The Morgan fingerprint density at radius 2 is 0.577 bits per heavy atom. The van der Waals surface area contributed by atoms with E-state index in [4.69, 9.17) is 0 Å². The van der Waals surface area contributed by atoms with Crippen LogP contribution in [0.25, 0.3) is 18.2 Å². The minimum Gasteiger partial charge on any atom is -0.545 e. The van der Waals surface area contributed by atoms with E-state index in [2.05, 4.69) is 30.9 Å². The summed E-state index contributed by atoms with van der Waals surface area (Å²) in [6, 6.07) is 17.1. The molecule has 0 saturated carbocycles. The Balaban J connectivity index is 0.00000729. The summed E-state index contributed by atoms with van der Waals surface area (Å²) in [5.74, 6) is -11.7. The molecule has 0 unspecified atom stereocenters. The van der Waals surface area contributed by atoms with E-state index >= 15 is 0 Å². The molecule has 0 atom stereocenters. The van der Waals surface area contributed by atoms with Crippen LogP contribution in [0.2, 0.25) is 0 Å². The molecular formula is C34H22N6O12-6. The van der Waals surface area contributed by atoms with Crippen LogP contribution in [0.1, 0.15) is 24.1 Å². The van der Waals surface area contributed by atoms with Gasteiger partial charge in [0.15, 0.2) is 0 Å². The van der Waals surface area contributed by atoms with Gasteiger partial charge in [0, 0.05) is 33.8 Å². The molecule has 0 aliphatic carbocycles. The topological polar surface area (TPSA) is 316 Å². The second kappa shape index (κ2) is 17.0. The second-order valence-corrected chi connectivity index (χ2v) is 9.95. The molecule has 0 saturated heterocycles. The Labute approximate surface area is 292 Å². The molecule has 266 valence electrons. The molecule has 0 aliphatic heterocycles. The van der Waals surface area contributed by atoms with E-state index in [-0.39, 0.29) is 42.0 Å². The van der Waals surface area contributed by atoms with Gasteiger partial charge in [0.2, 0.25) is 17.8 Å². The van der Waals surface area contributed by atoms with Crippen molar-refractivity contribution in [3.8, 4) is 0 Å². The number of aromatic nitrogens is 3. The molecule has 1 heterocycles. The van der Waals surface area contributed by atoms with Crippen molar-refractivity contribution in [2.75, 3.05) is 16.0 Å². The van der Waals surface area contributed by atoms with Gasteiger partial charge in [0.1, 0.15) is 0 Å². The van der Waals surface area contributed by atoms with E-state index in [9.17, 15) is 59.4 Å². The van der Waals surface area contributed by atoms with Crippen LogP contribution in [-0.2, 0) is 28.8 Å². The summed E-state index contributed by atoms with van der Waals surface area (Å²) in [7, 11) is 0. The third kappa shape index (κ3) is 10.6. The summed E-state index contributed by atoms with van der Waals surface area (Å²) in [4.78, 5) is 79.2. The van der Waals surface area contributed by atoms with Gasteiger partial charge in [-0.2, -0.15) is 15.0 Å². The van der Waals surface area contributed by atoms with Gasteiger partial charge in [0.05, 0.1) is 35.8 Å². The molecule has 18 nitrogen and oxygen atoms in total. The van der Waals surface area contributed by atoms with Gasteiger partial charge in [-0.15, -0.1) is 0 Å². The summed E-state index contributed by atoms with van der Waals surface area (Å²) in [6.45, 7) is 0. The Morgan fingerprint density at radius 3 is 0.750 bits per heavy atom. The first-order chi connectivity index (χ1) is 24.2. The molecule has 0 radical (unpaired) electrons. The molecule has 1 aromatic heterocycles. The van der Waals surface area contributed by atoms with Crippen molar-refractivity contribution < 1.29 is 59.4 Å². The van der Waals surface area contributed by atoms with Crippen LogP contribution in [0.5, 0.6) is 0 Å². The lowest BCUT2D eigenvalue weighted by Crippen LogP contribution is -2.36. The summed E-state index contributed by atoms with van der Waals surface area (Å²) in [6.07, 6.45) is 2.54. The third-order valence-electron chi connectivity index (χ3n) is 6.39. The molecule has 52 heavy (non-hydrogen) atoms. The lowest BCUT2D eigenvalue weighted by atomic mass is 10.1. The van der Waals surface area contributed by atoms with Crippen LogP contribution < -0.4 is 46.6 Å². The number of benzene rings is 3. The standard InChI is InChI=1S/C33H24N6O12.CH4/c40-25(41)22(26(42)43)13-16-1-7-19(8-2-16)34-31-37-32(35-20-9-3-17(4-10-20)14-23(27(44)45)28(46)47)39-33(38-31)36-21-11-5-18(6-12-21)15-24(29(48)49)30(50)51;/h1-15H,(H,40,41)(H,42,43)(H,44,45)(H,46,47)(H,48,49)(H,50,51)(H3,34,35,36,37,38,39);1H4/p-6. The van der Waals surface area contributed by atoms with E-state index in [0.717, 1.165) is 18.2 Å². The van der Waals surface area contributed by atoms with Crippen LogP contribution in [0.15, 0.2) is 89.5 Å². The van der Waals surface area contributed by atoms with Gasteiger partial charge in [-0.1, -0.05) is 43.8 Å². The molecular weight excluding hydrogens is 684 g/mol. The molecule has 0 spiro atoms. The number of hydrogen-bond acceptors (Lipinski definition) is 18. The number of anilines is 6. The molecule has 0 amide bonds. The van der Waals surface area contributed by atoms with E-state index < -0.39 is 52.5 Å². The Hall–Kier alpha value is -7.89. The van der Waals surface area contributed by atoms with E-state index in [1.54, 1.807) is 0 Å². The second-order valence-electron chi connectivity index (χ2n) is 9.95. The van der Waals surface area contributed by atoms with Gasteiger partial charge in [0.25, 0.3) is 0 Å². The maximum atomic E-state index is 11.0. The minimum absolute atomic E-state index is 0. The van der Waals surface area contributed by atoms with Gasteiger partial charge in [-0.05, 0) is 71.3 Å². The fraction of sp³-hybridized carbons (Fsp3) is 0.0294. The van der Waals surface area contributed by atoms with E-state index in [0.29, 0.717) is 17.1 Å². The molecule has 4 aromatic rings. The number of carbonyl (C=O) groups is 6. The van der Waals surface area contributed by atoms with Crippen molar-refractivity contribution >= 4 is 89.0 Å². The van der Waals surface area contributed by atoms with Gasteiger partial charge < -0.3 is 75.4 Å². The maximum absolute atomic E-state index is 11.0. The lowest BCUT2D eigenvalue weighted by molar-refractivity contribution is -0.314. The van der Waals surface area contributed by atoms with E-state index in [1.807, 2.05) is 0 Å². The van der Waals surface area contributed by atoms with Gasteiger partial charge >= 0.3 is 0 Å². The van der Waals surface area contributed by atoms with E-state index in [1.165, 1.54) is 72.8 Å². The zero-order chi connectivity index (χ0) is 37.2. The molecule has 3 aromatic carbocycles. The lowest BCUT2D eigenvalue weighted by Gasteiger charge is -2.13. The normalized spacial score (nSPS) is 9.92. The third-order valence-corrected chi connectivity index (χ3v) is 6.39. The van der Waals surface area contributed by atoms with Crippen molar-refractivity contribution in [2.45, 2.75) is 7.43 Å². The number of carbonyl (C=O) groups excluding carboxylic acids is 6.